The highest BCUT2D eigenvalue weighted by molar-refractivity contribution is 8.02. The van der Waals surface area contributed by atoms with E-state index in [1.165, 1.54) is 0 Å². The summed E-state index contributed by atoms with van der Waals surface area (Å²) in [6, 6.07) is 0. The molecule has 5 rings (SSSR count). The molecule has 0 unspecified atom stereocenters. The summed E-state index contributed by atoms with van der Waals surface area (Å²) >= 11 is 1.83. The van der Waals surface area contributed by atoms with E-state index >= 15 is 0 Å². The van der Waals surface area contributed by atoms with E-state index in [2.05, 4.69) is 75.7 Å². The molecule has 4 atom stereocenters. The quantitative estimate of drug-likeness (QED) is 0.381. The third kappa shape index (κ3) is 4.94. The second-order valence-electron chi connectivity index (χ2n) is 13.5. The molecule has 3 aliphatic heterocycles. The van der Waals surface area contributed by atoms with Gasteiger partial charge in [-0.2, -0.15) is 4.98 Å². The number of anilines is 1. The van der Waals surface area contributed by atoms with Crippen molar-refractivity contribution in [1.82, 2.24) is 19.5 Å². The number of aromatic nitrogens is 4. The molecule has 3 fully saturated rings. The van der Waals surface area contributed by atoms with Crippen LogP contribution in [-0.4, -0.2) is 71.9 Å². The normalized spacial score (nSPS) is 29.0. The highest BCUT2D eigenvalue weighted by Crippen LogP contribution is 2.60. The molecule has 2 aromatic heterocycles. The summed E-state index contributed by atoms with van der Waals surface area (Å²) in [5, 5.41) is 2.72. The van der Waals surface area contributed by atoms with Gasteiger partial charge in [0, 0.05) is 5.92 Å². The Labute approximate surface area is 254 Å². The lowest BCUT2D eigenvalue weighted by Gasteiger charge is -2.54. The number of hydrogen-bond donors (Lipinski definition) is 2. The maximum atomic E-state index is 13.0. The third-order valence-electron chi connectivity index (χ3n) is 9.18. The average molecular weight is 638 g/mol. The van der Waals surface area contributed by atoms with Crippen LogP contribution in [0.15, 0.2) is 11.1 Å². The maximum Gasteiger partial charge on any atom is 0.335 e. The summed E-state index contributed by atoms with van der Waals surface area (Å²) in [5.41, 5.74) is 1.02. The molecule has 234 valence electrons. The van der Waals surface area contributed by atoms with Crippen molar-refractivity contribution < 1.29 is 22.5 Å². The van der Waals surface area contributed by atoms with E-state index in [1.54, 1.807) is 20.2 Å². The van der Waals surface area contributed by atoms with Gasteiger partial charge in [-0.05, 0) is 34.3 Å². The zero-order chi connectivity index (χ0) is 30.8. The minimum absolute atomic E-state index is 0.0935. The molecular formula is C28H47N5O6SSi2. The molecule has 0 radical (unpaired) electrons. The Morgan fingerprint density at radius 2 is 1.69 bits per heavy atom. The SMILES string of the molecule is CC(C)C(=O)Nc1nc2c(ncn2[C@@H]2O[C@@H]3CO[Si](C(C)C)(C(C)C)O[Si](C(C)C)(C(C)C)O[C@H]3[C@]23CCS3)c(=O)[nH]1. The fourth-order valence-electron chi connectivity index (χ4n) is 6.71. The number of H-pyrrole nitrogens is 1. The van der Waals surface area contributed by atoms with Crippen LogP contribution in [0.5, 0.6) is 0 Å². The molecular weight excluding hydrogens is 591 g/mol. The van der Waals surface area contributed by atoms with E-state index in [0.717, 1.165) is 12.2 Å². The van der Waals surface area contributed by atoms with E-state index in [9.17, 15) is 9.59 Å². The number of thioether (sulfide) groups is 1. The lowest BCUT2D eigenvalue weighted by molar-refractivity contribution is -0.118. The highest BCUT2D eigenvalue weighted by atomic mass is 32.2. The first-order valence-corrected chi connectivity index (χ1v) is 20.2. The molecule has 1 amide bonds. The van der Waals surface area contributed by atoms with Gasteiger partial charge in [0.05, 0.1) is 23.8 Å². The minimum atomic E-state index is -2.85. The predicted octanol–water partition coefficient (Wildman–Crippen LogP) is 5.44. The van der Waals surface area contributed by atoms with Crippen LogP contribution in [0.25, 0.3) is 11.2 Å². The number of nitrogens with zero attached hydrogens (tertiary/aromatic N) is 3. The van der Waals surface area contributed by atoms with Crippen molar-refractivity contribution in [3.8, 4) is 0 Å². The van der Waals surface area contributed by atoms with Gasteiger partial charge in [0.2, 0.25) is 11.9 Å². The van der Waals surface area contributed by atoms with Crippen LogP contribution in [0.3, 0.4) is 0 Å². The predicted molar refractivity (Wildman–Crippen MR) is 169 cm³/mol. The van der Waals surface area contributed by atoms with Gasteiger partial charge in [0.1, 0.15) is 6.10 Å². The summed E-state index contributed by atoms with van der Waals surface area (Å²) in [5.74, 6) is 0.565. The van der Waals surface area contributed by atoms with Crippen LogP contribution in [0, 0.1) is 5.92 Å². The van der Waals surface area contributed by atoms with Gasteiger partial charge in [-0.25, -0.2) is 4.98 Å². The molecule has 5 heterocycles. The van der Waals surface area contributed by atoms with Crippen LogP contribution >= 0.6 is 11.8 Å². The molecule has 0 aromatic carbocycles. The van der Waals surface area contributed by atoms with Crippen LogP contribution < -0.4 is 10.9 Å². The smallest absolute Gasteiger partial charge is 0.335 e. The maximum absolute atomic E-state index is 13.0. The standard InChI is InChI=1S/C28H47N5O6SSi2/c1-15(2)24(34)31-27-30-23-21(25(35)32-27)29-14-33(23)26-28(11-12-40-28)22-20(37-26)13-36-41(16(3)4,17(5)6)39-42(38-22,18(7)8)19(9)10/h14-20,22,26H,11-13H2,1-10H3,(H2,30,31,32,34,35)/t20-,22-,26-,28-/m1/s1. The van der Waals surface area contributed by atoms with Gasteiger partial charge in [0.25, 0.3) is 5.56 Å². The number of rotatable bonds is 7. The van der Waals surface area contributed by atoms with Crippen molar-refractivity contribution in [2.45, 2.75) is 121 Å². The van der Waals surface area contributed by atoms with Crippen molar-refractivity contribution in [3.05, 3.63) is 16.7 Å². The Morgan fingerprint density at radius 1 is 1.07 bits per heavy atom. The number of hydrogen-bond acceptors (Lipinski definition) is 9. The van der Waals surface area contributed by atoms with E-state index in [1.807, 2.05) is 16.3 Å². The lowest BCUT2D eigenvalue weighted by Crippen LogP contribution is -2.67. The molecule has 0 aliphatic carbocycles. The number of ether oxygens (including phenoxy) is 1. The Bertz CT molecular complexity index is 1360. The van der Waals surface area contributed by atoms with Crippen molar-refractivity contribution in [2.24, 2.45) is 5.92 Å². The van der Waals surface area contributed by atoms with Gasteiger partial charge in [-0.1, -0.05) is 69.2 Å². The molecule has 2 N–H and O–H groups in total. The molecule has 3 saturated heterocycles. The van der Waals surface area contributed by atoms with E-state index in [-0.39, 0.29) is 57.7 Å². The van der Waals surface area contributed by atoms with Crippen molar-refractivity contribution in [1.29, 1.82) is 0 Å². The number of nitrogens with one attached hydrogen (secondary N) is 2. The van der Waals surface area contributed by atoms with Gasteiger partial charge in [0.15, 0.2) is 17.4 Å². The average Bonchev–Trinajstić information content (AvgIpc) is 3.42. The lowest BCUT2D eigenvalue weighted by atomic mass is 9.94. The number of carbonyl (C=O) groups excluding carboxylic acids is 1. The van der Waals surface area contributed by atoms with Gasteiger partial charge in [-0.3, -0.25) is 24.5 Å². The molecule has 3 aliphatic rings. The van der Waals surface area contributed by atoms with Crippen molar-refractivity contribution in [2.75, 3.05) is 17.7 Å². The Hall–Kier alpha value is -1.56. The zero-order valence-corrected chi connectivity index (χ0v) is 29.3. The van der Waals surface area contributed by atoms with Crippen molar-refractivity contribution >= 4 is 51.9 Å². The summed E-state index contributed by atoms with van der Waals surface area (Å²) in [7, 11) is -5.57. The second kappa shape index (κ2) is 11.4. The highest BCUT2D eigenvalue weighted by Gasteiger charge is 2.68. The summed E-state index contributed by atoms with van der Waals surface area (Å²) in [4.78, 5) is 37.1. The molecule has 11 nitrogen and oxygen atoms in total. The molecule has 2 aromatic rings. The Balaban J connectivity index is 1.61. The van der Waals surface area contributed by atoms with Crippen LogP contribution in [0.4, 0.5) is 5.95 Å². The van der Waals surface area contributed by atoms with Crippen LogP contribution in [0.2, 0.25) is 22.2 Å². The second-order valence-corrected chi connectivity index (χ2v) is 23.8. The van der Waals surface area contributed by atoms with Crippen molar-refractivity contribution in [3.63, 3.8) is 0 Å². The fourth-order valence-corrected chi connectivity index (χ4v) is 19.4. The fraction of sp³-hybridized carbons (Fsp3) is 0.786. The van der Waals surface area contributed by atoms with E-state index < -0.39 is 33.7 Å². The van der Waals surface area contributed by atoms with E-state index in [0.29, 0.717) is 12.3 Å². The molecule has 1 spiro atoms. The summed E-state index contributed by atoms with van der Waals surface area (Å²) in [6.45, 7) is 21.7. The number of carbonyl (C=O) groups is 1. The largest absolute Gasteiger partial charge is 0.414 e. The Kier molecular flexibility index (Phi) is 8.66. The summed E-state index contributed by atoms with van der Waals surface area (Å²) < 4.78 is 30.2. The topological polar surface area (TPSA) is 130 Å². The van der Waals surface area contributed by atoms with Gasteiger partial charge < -0.3 is 17.7 Å². The first-order valence-electron chi connectivity index (χ1n) is 15.3. The first kappa shape index (κ1) is 31.9. The summed E-state index contributed by atoms with van der Waals surface area (Å²) in [6.07, 6.45) is 1.44. The third-order valence-corrected chi connectivity index (χ3v) is 21.0. The van der Waals surface area contributed by atoms with E-state index in [4.69, 9.17) is 17.7 Å². The monoisotopic (exact) mass is 637 g/mol. The zero-order valence-electron chi connectivity index (χ0n) is 26.5. The minimum Gasteiger partial charge on any atom is -0.414 e. The molecule has 42 heavy (non-hydrogen) atoms. The molecule has 14 heteroatoms. The van der Waals surface area contributed by atoms with Crippen LogP contribution in [0.1, 0.15) is 81.9 Å². The Morgan fingerprint density at radius 3 is 2.21 bits per heavy atom. The molecule has 0 bridgehead atoms. The van der Waals surface area contributed by atoms with Crippen LogP contribution in [-0.2, 0) is 22.5 Å². The molecule has 0 saturated carbocycles. The first-order chi connectivity index (χ1) is 19.7. The number of amides is 1. The van der Waals surface area contributed by atoms with Gasteiger partial charge >= 0.3 is 17.1 Å². The number of fused-ring (bicyclic) bond motifs is 3. The van der Waals surface area contributed by atoms with Gasteiger partial charge in [-0.15, -0.1) is 11.8 Å². The number of aromatic amines is 1. The number of imidazole rings is 1.